The summed E-state index contributed by atoms with van der Waals surface area (Å²) in [5.41, 5.74) is 2.80. The fourth-order valence-corrected chi connectivity index (χ4v) is 3.42. The SMILES string of the molecule is ClC1Cc2ccccc2C1NCC1CCOCC1. The third-order valence-corrected chi connectivity index (χ3v) is 4.54. The van der Waals surface area contributed by atoms with Crippen LogP contribution in [0.4, 0.5) is 0 Å². The first-order valence-electron chi connectivity index (χ1n) is 6.87. The average molecular weight is 266 g/mol. The molecule has 3 rings (SSSR count). The van der Waals surface area contributed by atoms with Crippen molar-refractivity contribution in [1.29, 1.82) is 0 Å². The van der Waals surface area contributed by atoms with Crippen molar-refractivity contribution in [1.82, 2.24) is 5.32 Å². The molecule has 1 aromatic carbocycles. The lowest BCUT2D eigenvalue weighted by Gasteiger charge is -2.25. The van der Waals surface area contributed by atoms with Gasteiger partial charge in [0.15, 0.2) is 0 Å². The van der Waals surface area contributed by atoms with Gasteiger partial charge in [0.25, 0.3) is 0 Å². The molecule has 1 saturated heterocycles. The number of hydrogen-bond donors (Lipinski definition) is 1. The molecule has 1 N–H and O–H groups in total. The predicted octanol–water partition coefficient (Wildman–Crippen LogP) is 2.91. The lowest BCUT2D eigenvalue weighted by atomic mass is 9.99. The number of fused-ring (bicyclic) bond motifs is 1. The average Bonchev–Trinajstić information content (AvgIpc) is 2.73. The number of nitrogens with one attached hydrogen (secondary N) is 1. The highest BCUT2D eigenvalue weighted by molar-refractivity contribution is 6.21. The van der Waals surface area contributed by atoms with Gasteiger partial charge in [-0.05, 0) is 42.9 Å². The van der Waals surface area contributed by atoms with Crippen LogP contribution in [-0.4, -0.2) is 25.1 Å². The van der Waals surface area contributed by atoms with Crippen LogP contribution < -0.4 is 5.32 Å². The van der Waals surface area contributed by atoms with Gasteiger partial charge in [0.1, 0.15) is 0 Å². The Morgan fingerprint density at radius 1 is 1.22 bits per heavy atom. The minimum Gasteiger partial charge on any atom is -0.381 e. The molecule has 0 radical (unpaired) electrons. The maximum Gasteiger partial charge on any atom is 0.0571 e. The first-order chi connectivity index (χ1) is 8.84. The van der Waals surface area contributed by atoms with Crippen LogP contribution in [-0.2, 0) is 11.2 Å². The van der Waals surface area contributed by atoms with E-state index in [9.17, 15) is 0 Å². The van der Waals surface area contributed by atoms with Gasteiger partial charge in [0.2, 0.25) is 0 Å². The lowest BCUT2D eigenvalue weighted by Crippen LogP contribution is -2.33. The van der Waals surface area contributed by atoms with Crippen LogP contribution in [0.3, 0.4) is 0 Å². The molecule has 1 heterocycles. The van der Waals surface area contributed by atoms with Crippen molar-refractivity contribution >= 4 is 11.6 Å². The minimum absolute atomic E-state index is 0.197. The number of ether oxygens (including phenoxy) is 1. The molecule has 0 aromatic heterocycles. The van der Waals surface area contributed by atoms with E-state index in [0.717, 1.165) is 32.1 Å². The highest BCUT2D eigenvalue weighted by atomic mass is 35.5. The zero-order valence-electron chi connectivity index (χ0n) is 10.6. The molecule has 1 aromatic rings. The number of halogens is 1. The molecule has 2 aliphatic rings. The zero-order chi connectivity index (χ0) is 12.4. The normalized spacial score (nSPS) is 28.3. The van der Waals surface area contributed by atoms with E-state index in [0.29, 0.717) is 6.04 Å². The van der Waals surface area contributed by atoms with Gasteiger partial charge >= 0.3 is 0 Å². The monoisotopic (exact) mass is 265 g/mol. The highest BCUT2D eigenvalue weighted by Gasteiger charge is 2.30. The maximum atomic E-state index is 6.47. The summed E-state index contributed by atoms with van der Waals surface area (Å²) in [6.07, 6.45) is 3.34. The molecule has 1 aliphatic carbocycles. The van der Waals surface area contributed by atoms with Crippen molar-refractivity contribution < 1.29 is 4.74 Å². The Kier molecular flexibility index (Phi) is 3.88. The summed E-state index contributed by atoms with van der Waals surface area (Å²) in [6.45, 7) is 2.89. The number of hydrogen-bond acceptors (Lipinski definition) is 2. The van der Waals surface area contributed by atoms with Gasteiger partial charge in [-0.25, -0.2) is 0 Å². The van der Waals surface area contributed by atoms with Crippen LogP contribution in [0.25, 0.3) is 0 Å². The summed E-state index contributed by atoms with van der Waals surface area (Å²) in [5.74, 6) is 0.746. The Balaban J connectivity index is 1.62. The van der Waals surface area contributed by atoms with Crippen LogP contribution in [0, 0.1) is 5.92 Å². The second-order valence-corrected chi connectivity index (χ2v) is 5.92. The minimum atomic E-state index is 0.197. The summed E-state index contributed by atoms with van der Waals surface area (Å²) >= 11 is 6.47. The fourth-order valence-electron chi connectivity index (χ4n) is 3.03. The van der Waals surface area contributed by atoms with Gasteiger partial charge in [-0.2, -0.15) is 0 Å². The topological polar surface area (TPSA) is 21.3 Å². The van der Waals surface area contributed by atoms with Gasteiger partial charge in [-0.15, -0.1) is 11.6 Å². The third kappa shape index (κ3) is 2.56. The van der Waals surface area contributed by atoms with Crippen LogP contribution >= 0.6 is 11.6 Å². The maximum absolute atomic E-state index is 6.47. The van der Waals surface area contributed by atoms with Crippen molar-refractivity contribution in [3.63, 3.8) is 0 Å². The standard InChI is InChI=1S/C15H20ClNO/c16-14-9-12-3-1-2-4-13(12)15(14)17-10-11-5-7-18-8-6-11/h1-4,11,14-15,17H,5-10H2. The number of rotatable bonds is 3. The van der Waals surface area contributed by atoms with Crippen LogP contribution in [0.5, 0.6) is 0 Å². The van der Waals surface area contributed by atoms with Crippen molar-refractivity contribution in [3.05, 3.63) is 35.4 Å². The first-order valence-corrected chi connectivity index (χ1v) is 7.31. The molecule has 0 bridgehead atoms. The second-order valence-electron chi connectivity index (χ2n) is 5.36. The van der Waals surface area contributed by atoms with E-state index < -0.39 is 0 Å². The summed E-state index contributed by atoms with van der Waals surface area (Å²) in [7, 11) is 0. The fraction of sp³-hybridized carbons (Fsp3) is 0.600. The molecule has 1 fully saturated rings. The molecule has 0 saturated carbocycles. The van der Waals surface area contributed by atoms with Crippen LogP contribution in [0.2, 0.25) is 0 Å². The van der Waals surface area contributed by atoms with E-state index >= 15 is 0 Å². The molecule has 1 aliphatic heterocycles. The first kappa shape index (κ1) is 12.5. The van der Waals surface area contributed by atoms with E-state index in [2.05, 4.69) is 29.6 Å². The van der Waals surface area contributed by atoms with Gasteiger partial charge in [-0.1, -0.05) is 24.3 Å². The predicted molar refractivity (Wildman–Crippen MR) is 74.1 cm³/mol. The summed E-state index contributed by atoms with van der Waals surface area (Å²) in [5, 5.41) is 3.87. The van der Waals surface area contributed by atoms with E-state index in [4.69, 9.17) is 16.3 Å². The van der Waals surface area contributed by atoms with E-state index in [1.165, 1.54) is 24.0 Å². The van der Waals surface area contributed by atoms with Gasteiger partial charge < -0.3 is 10.1 Å². The quantitative estimate of drug-likeness (QED) is 0.849. The smallest absolute Gasteiger partial charge is 0.0571 e. The largest absolute Gasteiger partial charge is 0.381 e. The molecule has 2 unspecified atom stereocenters. The highest BCUT2D eigenvalue weighted by Crippen LogP contribution is 2.34. The zero-order valence-corrected chi connectivity index (χ0v) is 11.3. The molecule has 2 atom stereocenters. The molecule has 18 heavy (non-hydrogen) atoms. The van der Waals surface area contributed by atoms with Gasteiger partial charge in [0.05, 0.1) is 5.38 Å². The van der Waals surface area contributed by atoms with Crippen molar-refractivity contribution in [2.75, 3.05) is 19.8 Å². The van der Waals surface area contributed by atoms with Crippen molar-refractivity contribution in [2.45, 2.75) is 30.7 Å². The van der Waals surface area contributed by atoms with E-state index in [1.807, 2.05) is 0 Å². The van der Waals surface area contributed by atoms with E-state index in [-0.39, 0.29) is 5.38 Å². The Morgan fingerprint density at radius 3 is 2.83 bits per heavy atom. The second kappa shape index (κ2) is 5.60. The molecule has 98 valence electrons. The lowest BCUT2D eigenvalue weighted by molar-refractivity contribution is 0.0655. The molecule has 3 heteroatoms. The molecular weight excluding hydrogens is 246 g/mol. The molecule has 2 nitrogen and oxygen atoms in total. The molecule has 0 amide bonds. The Labute approximate surface area is 114 Å². The van der Waals surface area contributed by atoms with Crippen molar-refractivity contribution in [3.8, 4) is 0 Å². The van der Waals surface area contributed by atoms with Crippen LogP contribution in [0.15, 0.2) is 24.3 Å². The van der Waals surface area contributed by atoms with Gasteiger partial charge in [0, 0.05) is 19.3 Å². The van der Waals surface area contributed by atoms with Crippen molar-refractivity contribution in [2.24, 2.45) is 5.92 Å². The van der Waals surface area contributed by atoms with E-state index in [1.54, 1.807) is 0 Å². The van der Waals surface area contributed by atoms with Crippen LogP contribution in [0.1, 0.15) is 30.0 Å². The summed E-state index contributed by atoms with van der Waals surface area (Å²) in [4.78, 5) is 0. The molecule has 0 spiro atoms. The van der Waals surface area contributed by atoms with Gasteiger partial charge in [-0.3, -0.25) is 0 Å². The number of benzene rings is 1. The summed E-state index contributed by atoms with van der Waals surface area (Å²) in [6, 6.07) is 8.94. The summed E-state index contributed by atoms with van der Waals surface area (Å²) < 4.78 is 5.40. The molecular formula is C15H20ClNO. The number of alkyl halides is 1. The Morgan fingerprint density at radius 2 is 2.00 bits per heavy atom. The Hall–Kier alpha value is -0.570. The third-order valence-electron chi connectivity index (χ3n) is 4.13. The Bertz CT molecular complexity index is 403.